The topological polar surface area (TPSA) is 279 Å². The number of carbonyl (C=O) groups excluding carboxylic acids is 2. The van der Waals surface area contributed by atoms with Crippen molar-refractivity contribution in [1.82, 2.24) is 10.6 Å². The maximum atomic E-state index is 12.1. The molecule has 0 aliphatic heterocycles. The molecule has 8 unspecified atom stereocenters. The second-order valence-electron chi connectivity index (χ2n) is 8.13. The van der Waals surface area contributed by atoms with Gasteiger partial charge in [-0.2, -0.15) is 0 Å². The summed E-state index contributed by atoms with van der Waals surface area (Å²) in [4.78, 5) is 24.1. The van der Waals surface area contributed by atoms with Crippen molar-refractivity contribution >= 4 is 33.5 Å². The first-order valence-corrected chi connectivity index (χ1v) is 13.9. The number of ether oxygens (including phenoxy) is 2. The summed E-state index contributed by atoms with van der Waals surface area (Å²) in [5.74, 6) is -1.30. The number of aliphatic hydroxyl groups excluding tert-OH is 10. The third kappa shape index (κ3) is 13.0. The van der Waals surface area contributed by atoms with Crippen LogP contribution in [0.4, 0.5) is 0 Å². The fourth-order valence-electron chi connectivity index (χ4n) is 2.83. The van der Waals surface area contributed by atoms with E-state index in [9.17, 15) is 50.4 Å². The van der Waals surface area contributed by atoms with E-state index in [2.05, 4.69) is 10.6 Å². The summed E-state index contributed by atoms with van der Waals surface area (Å²) in [6, 6.07) is -1.97. The first-order valence-electron chi connectivity index (χ1n) is 11.4. The molecule has 0 rings (SSSR count). The number of aliphatic hydroxyl groups is 10. The molecular formula is C20H40N2O14S2. The van der Waals surface area contributed by atoms with E-state index in [4.69, 9.17) is 19.7 Å². The van der Waals surface area contributed by atoms with Crippen LogP contribution >= 0.6 is 21.6 Å². The third-order valence-corrected chi connectivity index (χ3v) is 7.74. The lowest BCUT2D eigenvalue weighted by atomic mass is 10.0. The van der Waals surface area contributed by atoms with Crippen LogP contribution in [0.2, 0.25) is 0 Å². The van der Waals surface area contributed by atoms with Crippen molar-refractivity contribution in [2.24, 2.45) is 0 Å². The van der Waals surface area contributed by atoms with Crippen LogP contribution in [-0.4, -0.2) is 176 Å². The van der Waals surface area contributed by atoms with Crippen molar-refractivity contribution < 1.29 is 70.1 Å². The highest BCUT2D eigenvalue weighted by Crippen LogP contribution is 2.24. The molecule has 0 spiro atoms. The lowest BCUT2D eigenvalue weighted by Crippen LogP contribution is -2.52. The Balaban J connectivity index is 4.84. The van der Waals surface area contributed by atoms with E-state index in [0.29, 0.717) is 0 Å². The minimum Gasteiger partial charge on any atom is -0.468 e. The van der Waals surface area contributed by atoms with Gasteiger partial charge in [0.15, 0.2) is 0 Å². The van der Waals surface area contributed by atoms with Gasteiger partial charge in [-0.25, -0.2) is 0 Å². The number of hydrogen-bond donors (Lipinski definition) is 12. The Morgan fingerprint density at radius 2 is 0.895 bits per heavy atom. The van der Waals surface area contributed by atoms with Crippen LogP contribution in [-0.2, 0) is 19.1 Å². The molecule has 0 aromatic rings. The van der Waals surface area contributed by atoms with Gasteiger partial charge in [-0.15, -0.1) is 0 Å². The molecule has 0 bridgehead atoms. The molecule has 0 aromatic heterocycles. The predicted octanol–water partition coefficient (Wildman–Crippen LogP) is -6.50. The second-order valence-corrected chi connectivity index (χ2v) is 10.7. The molecule has 226 valence electrons. The zero-order valence-electron chi connectivity index (χ0n) is 20.9. The van der Waals surface area contributed by atoms with E-state index in [0.717, 1.165) is 35.8 Å². The lowest BCUT2D eigenvalue weighted by Gasteiger charge is -2.27. The molecule has 0 heterocycles. The Hall–Kier alpha value is -0.840. The average molecular weight is 597 g/mol. The smallest absolute Gasteiger partial charge is 0.323 e. The molecule has 0 aliphatic carbocycles. The maximum absolute atomic E-state index is 12.1. The molecule has 0 radical (unpaired) electrons. The largest absolute Gasteiger partial charge is 0.468 e. The van der Waals surface area contributed by atoms with Crippen LogP contribution in [0, 0.1) is 0 Å². The number of nitrogens with one attached hydrogen (secondary N) is 2. The quantitative estimate of drug-likeness (QED) is 0.0333. The fourth-order valence-corrected chi connectivity index (χ4v) is 5.20. The van der Waals surface area contributed by atoms with Crippen molar-refractivity contribution in [1.29, 1.82) is 0 Å². The highest BCUT2D eigenvalue weighted by molar-refractivity contribution is 8.76. The molecule has 10 atom stereocenters. The van der Waals surface area contributed by atoms with Crippen molar-refractivity contribution in [3.63, 3.8) is 0 Å². The fraction of sp³-hybridized carbons (Fsp3) is 0.900. The minimum absolute atomic E-state index is 0.0580. The zero-order valence-corrected chi connectivity index (χ0v) is 22.6. The summed E-state index contributed by atoms with van der Waals surface area (Å²) < 4.78 is 9.38. The monoisotopic (exact) mass is 596 g/mol. The Labute approximate surface area is 227 Å². The molecule has 0 saturated carbocycles. The van der Waals surface area contributed by atoms with Crippen LogP contribution in [0.25, 0.3) is 0 Å². The van der Waals surface area contributed by atoms with Crippen LogP contribution < -0.4 is 10.6 Å². The van der Waals surface area contributed by atoms with E-state index in [1.54, 1.807) is 0 Å². The van der Waals surface area contributed by atoms with Gasteiger partial charge in [-0.3, -0.25) is 9.59 Å². The molecule has 38 heavy (non-hydrogen) atoms. The van der Waals surface area contributed by atoms with Gasteiger partial charge in [-0.1, -0.05) is 21.6 Å². The number of hydrogen-bond acceptors (Lipinski definition) is 18. The second kappa shape index (κ2) is 20.1. The molecule has 12 N–H and O–H groups in total. The first kappa shape index (κ1) is 37.2. The summed E-state index contributed by atoms with van der Waals surface area (Å²) in [6.07, 6.45) is -13.9. The van der Waals surface area contributed by atoms with Crippen molar-refractivity contribution in [3.8, 4) is 0 Å². The van der Waals surface area contributed by atoms with Crippen molar-refractivity contribution in [3.05, 3.63) is 0 Å². The molecule has 0 fully saturated rings. The predicted molar refractivity (Wildman–Crippen MR) is 135 cm³/mol. The summed E-state index contributed by atoms with van der Waals surface area (Å²) >= 11 is 0. The van der Waals surface area contributed by atoms with Crippen molar-refractivity contribution in [2.75, 3.05) is 52.0 Å². The number of esters is 2. The van der Waals surface area contributed by atoms with Gasteiger partial charge in [0, 0.05) is 24.6 Å². The number of carbonyl (C=O) groups is 2. The summed E-state index contributed by atoms with van der Waals surface area (Å²) in [6.45, 7) is -2.45. The average Bonchev–Trinajstić information content (AvgIpc) is 2.94. The first-order chi connectivity index (χ1) is 17.9. The van der Waals surface area contributed by atoms with E-state index in [-0.39, 0.29) is 24.6 Å². The molecule has 16 nitrogen and oxygen atoms in total. The molecule has 0 saturated heterocycles. The highest BCUT2D eigenvalue weighted by Gasteiger charge is 2.32. The minimum atomic E-state index is -1.83. The third-order valence-electron chi connectivity index (χ3n) is 5.32. The highest BCUT2D eigenvalue weighted by atomic mass is 33.1. The molecule has 0 aromatic carbocycles. The lowest BCUT2D eigenvalue weighted by molar-refractivity contribution is -0.144. The van der Waals surface area contributed by atoms with Gasteiger partial charge < -0.3 is 71.2 Å². The van der Waals surface area contributed by atoms with Gasteiger partial charge in [0.25, 0.3) is 0 Å². The van der Waals surface area contributed by atoms with E-state index >= 15 is 0 Å². The maximum Gasteiger partial charge on any atom is 0.323 e. The summed E-state index contributed by atoms with van der Waals surface area (Å²) in [7, 11) is 4.50. The number of methoxy groups -OCH3 is 2. The van der Waals surface area contributed by atoms with Gasteiger partial charge in [0.05, 0.1) is 39.6 Å². The van der Waals surface area contributed by atoms with Crippen LogP contribution in [0.3, 0.4) is 0 Å². The van der Waals surface area contributed by atoms with E-state index in [1.165, 1.54) is 0 Å². The van der Waals surface area contributed by atoms with E-state index in [1.807, 2.05) is 0 Å². The van der Waals surface area contributed by atoms with Crippen molar-refractivity contribution in [2.45, 2.75) is 60.9 Å². The van der Waals surface area contributed by atoms with Gasteiger partial charge >= 0.3 is 11.9 Å². The van der Waals surface area contributed by atoms with Gasteiger partial charge in [0.1, 0.15) is 48.7 Å². The molecule has 0 aliphatic rings. The Kier molecular flexibility index (Phi) is 19.7. The van der Waals surface area contributed by atoms with E-state index < -0.39 is 86.1 Å². The summed E-state index contributed by atoms with van der Waals surface area (Å²) in [5.41, 5.74) is 0. The Morgan fingerprint density at radius 3 is 1.16 bits per heavy atom. The van der Waals surface area contributed by atoms with Crippen LogP contribution in [0.1, 0.15) is 0 Å². The van der Waals surface area contributed by atoms with Crippen LogP contribution in [0.15, 0.2) is 0 Å². The summed E-state index contributed by atoms with van der Waals surface area (Å²) in [5, 5.41) is 101. The Morgan fingerprint density at radius 1 is 0.605 bits per heavy atom. The Bertz CT molecular complexity index is 615. The number of rotatable bonds is 21. The molecule has 18 heteroatoms. The molecule has 0 amide bonds. The van der Waals surface area contributed by atoms with Crippen LogP contribution in [0.5, 0.6) is 0 Å². The van der Waals surface area contributed by atoms with Gasteiger partial charge in [-0.05, 0) is 0 Å². The van der Waals surface area contributed by atoms with Gasteiger partial charge in [0.2, 0.25) is 0 Å². The standard InChI is InChI=1S/C20H40N2O14S2/c1-35-19(33)9(21-3-11(25)15(29)17(31)13(27)5-23)7-37-38-8-10(20(34)36-2)22-4-12(26)16(30)18(32)14(28)6-24/h9-18,21-32H,3-8H2,1-2H3/t9-,10-,11?,12?,13?,14?,15?,16?,17?,18?/m0/s1. The normalized spacial score (nSPS) is 19.8. The SMILES string of the molecule is COC(=O)[C@H](CSSC[C@H](NCC(O)C(O)C(O)C(O)CO)C(=O)OC)NCC(O)C(O)C(O)C(O)CO. The molecular weight excluding hydrogens is 556 g/mol. The zero-order chi connectivity index (χ0) is 29.4.